The molecule has 3 aromatic rings. The normalized spacial score (nSPS) is 15.6. The first kappa shape index (κ1) is 26.3. The van der Waals surface area contributed by atoms with E-state index in [0.29, 0.717) is 25.1 Å². The first-order valence-corrected chi connectivity index (χ1v) is 13.8. The van der Waals surface area contributed by atoms with Crippen LogP contribution in [-0.4, -0.2) is 66.1 Å². The summed E-state index contributed by atoms with van der Waals surface area (Å²) in [5, 5.41) is 4.07. The Kier molecular flexibility index (Phi) is 9.12. The monoisotopic (exact) mass is 511 g/mol. The minimum atomic E-state index is -1.20. The summed E-state index contributed by atoms with van der Waals surface area (Å²) in [6, 6.07) is 16.7. The van der Waals surface area contributed by atoms with E-state index < -0.39 is 11.0 Å². The largest absolute Gasteiger partial charge is 0.493 e. The van der Waals surface area contributed by atoms with E-state index in [9.17, 15) is 4.21 Å². The highest BCUT2D eigenvalue weighted by Gasteiger charge is 2.24. The van der Waals surface area contributed by atoms with E-state index >= 15 is 0 Å². The Labute approximate surface area is 216 Å². The van der Waals surface area contributed by atoms with Gasteiger partial charge in [0.25, 0.3) is 0 Å². The average Bonchev–Trinajstić information content (AvgIpc) is 3.39. The molecule has 0 bridgehead atoms. The summed E-state index contributed by atoms with van der Waals surface area (Å²) >= 11 is 0. The van der Waals surface area contributed by atoms with Gasteiger partial charge in [0.05, 0.1) is 11.5 Å². The van der Waals surface area contributed by atoms with Gasteiger partial charge in [0, 0.05) is 32.1 Å². The molecule has 36 heavy (non-hydrogen) atoms. The van der Waals surface area contributed by atoms with E-state index in [1.807, 2.05) is 50.5 Å². The molecule has 1 N–H and O–H groups in total. The van der Waals surface area contributed by atoms with Gasteiger partial charge in [-0.3, -0.25) is 0 Å². The maximum atomic E-state index is 12.4. The third-order valence-corrected chi connectivity index (χ3v) is 7.53. The van der Waals surface area contributed by atoms with Crippen LogP contribution in [0.2, 0.25) is 0 Å². The number of ether oxygens (including phenoxy) is 1. The van der Waals surface area contributed by atoms with E-state index in [4.69, 9.17) is 9.26 Å². The first-order chi connectivity index (χ1) is 17.4. The van der Waals surface area contributed by atoms with Gasteiger partial charge < -0.3 is 19.1 Å². The lowest BCUT2D eigenvalue weighted by Gasteiger charge is -2.30. The Bertz CT molecular complexity index is 1110. The van der Waals surface area contributed by atoms with Crippen molar-refractivity contribution in [2.24, 2.45) is 5.92 Å². The number of hydrogen-bond donors (Lipinski definition) is 1. The summed E-state index contributed by atoms with van der Waals surface area (Å²) in [5.41, 5.74) is 2.19. The number of piperidine rings is 1. The quantitative estimate of drug-likeness (QED) is 0.410. The lowest BCUT2D eigenvalue weighted by Crippen LogP contribution is -2.35. The maximum Gasteiger partial charge on any atom is 0.324 e. The standard InChI is InChI=1S/C27H37N5O3S/c1-20(2)26-29-27(35-30-26)32-16-13-21(14-17-32)19-34-24-9-5-22(6-10-24)23-7-11-25(12-8-23)36(33)28-15-18-31(3)4/h5-12,20-21,28H,13-19H2,1-4H3. The van der Waals surface area contributed by atoms with Crippen LogP contribution >= 0.6 is 0 Å². The second kappa shape index (κ2) is 12.5. The molecule has 1 atom stereocenters. The Hall–Kier alpha value is -2.75. The van der Waals surface area contributed by atoms with Gasteiger partial charge in [0.1, 0.15) is 16.7 Å². The molecular weight excluding hydrogens is 474 g/mol. The van der Waals surface area contributed by atoms with Crippen molar-refractivity contribution in [3.8, 4) is 16.9 Å². The van der Waals surface area contributed by atoms with E-state index in [2.05, 4.69) is 50.6 Å². The van der Waals surface area contributed by atoms with Crippen LogP contribution in [0.1, 0.15) is 38.4 Å². The molecule has 1 aromatic heterocycles. The minimum Gasteiger partial charge on any atom is -0.493 e. The molecule has 8 nitrogen and oxygen atoms in total. The van der Waals surface area contributed by atoms with E-state index in [1.165, 1.54) is 0 Å². The van der Waals surface area contributed by atoms with Crippen LogP contribution in [0.3, 0.4) is 0 Å². The zero-order valence-electron chi connectivity index (χ0n) is 21.6. The predicted octanol–water partition coefficient (Wildman–Crippen LogP) is 4.33. The van der Waals surface area contributed by atoms with Gasteiger partial charge >= 0.3 is 6.01 Å². The van der Waals surface area contributed by atoms with Crippen LogP contribution < -0.4 is 14.4 Å². The molecule has 194 valence electrons. The predicted molar refractivity (Wildman–Crippen MR) is 144 cm³/mol. The topological polar surface area (TPSA) is 83.7 Å². The summed E-state index contributed by atoms with van der Waals surface area (Å²) in [5.74, 6) is 2.41. The maximum absolute atomic E-state index is 12.4. The van der Waals surface area contributed by atoms with Crippen LogP contribution in [0.5, 0.6) is 5.75 Å². The number of likely N-dealkylation sites (N-methyl/N-ethyl adjacent to an activating group) is 1. The van der Waals surface area contributed by atoms with Crippen LogP contribution in [0, 0.1) is 5.92 Å². The van der Waals surface area contributed by atoms with Crippen LogP contribution in [-0.2, 0) is 11.0 Å². The number of hydrogen-bond acceptors (Lipinski definition) is 7. The molecule has 9 heteroatoms. The Morgan fingerprint density at radius 1 is 1.08 bits per heavy atom. The lowest BCUT2D eigenvalue weighted by atomic mass is 9.98. The summed E-state index contributed by atoms with van der Waals surface area (Å²) in [6.45, 7) is 8.16. The Balaban J connectivity index is 1.23. The average molecular weight is 512 g/mol. The number of aromatic nitrogens is 2. The lowest BCUT2D eigenvalue weighted by molar-refractivity contribution is 0.220. The third kappa shape index (κ3) is 7.15. The number of nitrogens with zero attached hydrogens (tertiary/aromatic N) is 4. The fraction of sp³-hybridized carbons (Fsp3) is 0.481. The second-order valence-corrected chi connectivity index (χ2v) is 11.1. The molecule has 1 unspecified atom stereocenters. The fourth-order valence-electron chi connectivity index (χ4n) is 4.05. The Morgan fingerprint density at radius 3 is 2.31 bits per heavy atom. The molecule has 0 spiro atoms. The van der Waals surface area contributed by atoms with Gasteiger partial charge in [-0.05, 0) is 68.2 Å². The molecule has 0 saturated carbocycles. The molecule has 1 fully saturated rings. The summed E-state index contributed by atoms with van der Waals surface area (Å²) in [7, 11) is 2.80. The molecule has 0 amide bonds. The summed E-state index contributed by atoms with van der Waals surface area (Å²) < 4.78 is 27.0. The SMILES string of the molecule is CC(C)c1noc(N2CCC(COc3ccc(-c4ccc(S(=O)NCCN(C)C)cc4)cc3)CC2)n1. The number of rotatable bonds is 11. The van der Waals surface area contributed by atoms with Gasteiger partial charge in [0.15, 0.2) is 5.82 Å². The molecule has 0 aliphatic carbocycles. The van der Waals surface area contributed by atoms with Crippen molar-refractivity contribution in [3.63, 3.8) is 0 Å². The molecule has 2 aromatic carbocycles. The highest BCUT2D eigenvalue weighted by molar-refractivity contribution is 7.83. The molecule has 1 aliphatic rings. The van der Waals surface area contributed by atoms with Gasteiger partial charge in [-0.1, -0.05) is 43.3 Å². The second-order valence-electron chi connectivity index (χ2n) is 9.85. The van der Waals surface area contributed by atoms with Gasteiger partial charge in [-0.2, -0.15) is 4.98 Å². The zero-order chi connectivity index (χ0) is 25.5. The molecule has 4 rings (SSSR count). The first-order valence-electron chi connectivity index (χ1n) is 12.6. The molecule has 2 heterocycles. The molecular formula is C27H37N5O3S. The fourth-order valence-corrected chi connectivity index (χ4v) is 4.88. The minimum absolute atomic E-state index is 0.269. The highest BCUT2D eigenvalue weighted by atomic mass is 32.2. The van der Waals surface area contributed by atoms with E-state index in [0.717, 1.165) is 60.1 Å². The summed E-state index contributed by atoms with van der Waals surface area (Å²) in [4.78, 5) is 9.52. The van der Waals surface area contributed by atoms with Crippen LogP contribution in [0.25, 0.3) is 11.1 Å². The summed E-state index contributed by atoms with van der Waals surface area (Å²) in [6.07, 6.45) is 2.07. The van der Waals surface area contributed by atoms with Crippen molar-refractivity contribution in [3.05, 3.63) is 54.4 Å². The van der Waals surface area contributed by atoms with Crippen LogP contribution in [0.15, 0.2) is 57.9 Å². The smallest absolute Gasteiger partial charge is 0.324 e. The molecule has 1 aliphatic heterocycles. The van der Waals surface area contributed by atoms with Crippen molar-refractivity contribution in [1.29, 1.82) is 0 Å². The van der Waals surface area contributed by atoms with Crippen molar-refractivity contribution < 1.29 is 13.5 Å². The van der Waals surface area contributed by atoms with Crippen LogP contribution in [0.4, 0.5) is 6.01 Å². The van der Waals surface area contributed by atoms with Gasteiger partial charge in [-0.15, -0.1) is 0 Å². The van der Waals surface area contributed by atoms with Crippen molar-refractivity contribution >= 4 is 17.0 Å². The zero-order valence-corrected chi connectivity index (χ0v) is 22.5. The highest BCUT2D eigenvalue weighted by Crippen LogP contribution is 2.26. The van der Waals surface area contributed by atoms with Crippen molar-refractivity contribution in [2.75, 3.05) is 51.8 Å². The Morgan fingerprint density at radius 2 is 1.72 bits per heavy atom. The van der Waals surface area contributed by atoms with E-state index in [-0.39, 0.29) is 5.92 Å². The molecule has 0 radical (unpaired) electrons. The number of nitrogens with one attached hydrogen (secondary N) is 1. The number of benzene rings is 2. The van der Waals surface area contributed by atoms with Gasteiger partial charge in [0.2, 0.25) is 0 Å². The van der Waals surface area contributed by atoms with Crippen molar-refractivity contribution in [2.45, 2.75) is 37.5 Å². The van der Waals surface area contributed by atoms with E-state index in [1.54, 1.807) is 0 Å². The van der Waals surface area contributed by atoms with Crippen molar-refractivity contribution in [1.82, 2.24) is 19.8 Å². The third-order valence-electron chi connectivity index (χ3n) is 6.37. The molecule has 1 saturated heterocycles. The van der Waals surface area contributed by atoms with Gasteiger partial charge in [-0.25, -0.2) is 8.93 Å². The number of anilines is 1.